The molecule has 0 unspecified atom stereocenters. The van der Waals surface area contributed by atoms with Crippen molar-refractivity contribution < 1.29 is 29.0 Å². The molecule has 1 saturated carbocycles. The Hall–Kier alpha value is -3.40. The Bertz CT molecular complexity index is 1540. The van der Waals surface area contributed by atoms with E-state index in [9.17, 15) is 19.5 Å². The quantitative estimate of drug-likeness (QED) is 0.106. The molecule has 0 bridgehead atoms. The van der Waals surface area contributed by atoms with Crippen molar-refractivity contribution in [3.63, 3.8) is 0 Å². The molecule has 1 aromatic carbocycles. The minimum atomic E-state index is -2.09. The summed E-state index contributed by atoms with van der Waals surface area (Å²) in [6.45, 7) is 10.9. The fourth-order valence-corrected chi connectivity index (χ4v) is 7.81. The van der Waals surface area contributed by atoms with Crippen molar-refractivity contribution in [2.45, 2.75) is 103 Å². The normalized spacial score (nSPS) is 27.3. The number of hydrogen-bond acceptors (Lipinski definition) is 9. The Morgan fingerprint density at radius 3 is 2.66 bits per heavy atom. The number of epoxide rings is 1. The summed E-state index contributed by atoms with van der Waals surface area (Å²) in [6, 6.07) is 9.18. The number of aryl methyl sites for hydroxylation is 1. The highest BCUT2D eigenvalue weighted by Gasteiger charge is 2.85. The van der Waals surface area contributed by atoms with Crippen LogP contribution in [0.5, 0.6) is 0 Å². The van der Waals surface area contributed by atoms with Crippen molar-refractivity contribution in [1.29, 1.82) is 0 Å². The summed E-state index contributed by atoms with van der Waals surface area (Å²) in [7, 11) is 0. The zero-order valence-corrected chi connectivity index (χ0v) is 28.6. The molecule has 47 heavy (non-hydrogen) atoms. The summed E-state index contributed by atoms with van der Waals surface area (Å²) in [5.74, 6) is -0.442. The van der Waals surface area contributed by atoms with Crippen LogP contribution in [0, 0.1) is 17.8 Å². The van der Waals surface area contributed by atoms with E-state index in [4.69, 9.17) is 15.2 Å². The minimum Gasteiger partial charge on any atom is -0.463 e. The fourth-order valence-electron chi connectivity index (χ4n) is 7.81. The molecule has 1 saturated heterocycles. The second kappa shape index (κ2) is 14.4. The fraction of sp³-hybridized carbons (Fsp3) is 0.579. The zero-order chi connectivity index (χ0) is 33.9. The number of benzene rings is 1. The molecule has 4 N–H and O–H groups in total. The number of nitrogens with two attached hydrogens (primary N) is 1. The predicted octanol–water partition coefficient (Wildman–Crippen LogP) is 5.43. The molecule has 0 radical (unpaired) electrons. The highest BCUT2D eigenvalue weighted by atomic mass is 16.7. The van der Waals surface area contributed by atoms with Crippen molar-refractivity contribution in [1.82, 2.24) is 10.3 Å². The molecule has 3 aliphatic rings. The third kappa shape index (κ3) is 6.67. The van der Waals surface area contributed by atoms with Gasteiger partial charge in [-0.1, -0.05) is 57.9 Å². The van der Waals surface area contributed by atoms with E-state index >= 15 is 0 Å². The monoisotopic (exact) mass is 645 g/mol. The molecule has 2 aliphatic carbocycles. The van der Waals surface area contributed by atoms with Crippen LogP contribution in [0.15, 0.2) is 47.7 Å². The average molecular weight is 646 g/mol. The van der Waals surface area contributed by atoms with Gasteiger partial charge < -0.3 is 25.6 Å². The van der Waals surface area contributed by atoms with Crippen LogP contribution in [0.2, 0.25) is 0 Å². The lowest BCUT2D eigenvalue weighted by Gasteiger charge is -2.36. The topological polar surface area (TPSA) is 144 Å². The third-order valence-electron chi connectivity index (χ3n) is 10.5. The molecule has 0 spiro atoms. The highest BCUT2D eigenvalue weighted by molar-refractivity contribution is 6.33. The van der Waals surface area contributed by atoms with Crippen LogP contribution < -0.4 is 11.1 Å². The van der Waals surface area contributed by atoms with Gasteiger partial charge >= 0.3 is 5.97 Å². The van der Waals surface area contributed by atoms with E-state index in [2.05, 4.69) is 24.1 Å². The largest absolute Gasteiger partial charge is 0.463 e. The molecule has 2 aromatic rings. The number of fused-ring (bicyclic) bond motifs is 2. The van der Waals surface area contributed by atoms with Crippen molar-refractivity contribution >= 4 is 23.4 Å². The molecule has 2 heterocycles. The van der Waals surface area contributed by atoms with Gasteiger partial charge in [0.25, 0.3) is 5.60 Å². The average Bonchev–Trinajstić information content (AvgIpc) is 3.76. The maximum atomic E-state index is 14.6. The molecule has 2 fully saturated rings. The molecular formula is C38H51N3O6. The number of aromatic nitrogens is 1. The van der Waals surface area contributed by atoms with Crippen molar-refractivity contribution in [3.05, 3.63) is 69.9 Å². The van der Waals surface area contributed by atoms with E-state index in [1.54, 1.807) is 24.4 Å². The van der Waals surface area contributed by atoms with Gasteiger partial charge in [0.15, 0.2) is 11.4 Å². The second-order valence-corrected chi connectivity index (χ2v) is 14.1. The van der Waals surface area contributed by atoms with E-state index in [0.29, 0.717) is 36.6 Å². The van der Waals surface area contributed by atoms with Crippen LogP contribution in [0.3, 0.4) is 0 Å². The number of nitrogens with one attached hydrogen (secondary N) is 1. The number of hydrogen-bond donors (Lipinski definition) is 3. The van der Waals surface area contributed by atoms with Crippen LogP contribution in [-0.4, -0.2) is 64.6 Å². The van der Waals surface area contributed by atoms with Gasteiger partial charge in [0.1, 0.15) is 5.82 Å². The van der Waals surface area contributed by atoms with E-state index in [-0.39, 0.29) is 48.6 Å². The summed E-state index contributed by atoms with van der Waals surface area (Å²) in [4.78, 5) is 47.4. The number of carbonyl (C=O) groups is 3. The van der Waals surface area contributed by atoms with E-state index in [0.717, 1.165) is 48.9 Å². The SMILES string of the molecule is CCN[C@@H]1CC[C@@H](CC)C[C@H]1COC(=O)[C@]12O[C@@]1(C/C(CO)=C(\C)CCc1ccnc(N)c1)C(=O)c1cccc(CC(C)C)c1C2=O. The number of aliphatic hydroxyl groups is 1. The maximum absolute atomic E-state index is 14.6. The number of nitrogens with zero attached hydrogens (tertiary/aromatic N) is 1. The summed E-state index contributed by atoms with van der Waals surface area (Å²) in [6.07, 6.45) is 7.48. The lowest BCUT2D eigenvalue weighted by Crippen LogP contribution is -2.52. The Labute approximate surface area is 278 Å². The molecular weight excluding hydrogens is 594 g/mol. The number of aliphatic hydroxyl groups excluding tert-OH is 1. The van der Waals surface area contributed by atoms with Crippen LogP contribution in [0.1, 0.15) is 105 Å². The van der Waals surface area contributed by atoms with Gasteiger partial charge in [-0.2, -0.15) is 0 Å². The number of esters is 1. The van der Waals surface area contributed by atoms with Gasteiger partial charge in [-0.05, 0) is 92.7 Å². The van der Waals surface area contributed by atoms with Gasteiger partial charge in [0.05, 0.1) is 13.2 Å². The summed E-state index contributed by atoms with van der Waals surface area (Å²) < 4.78 is 12.3. The first-order valence-corrected chi connectivity index (χ1v) is 17.3. The first-order chi connectivity index (χ1) is 22.5. The number of Topliss-reactive ketones (excluding diaryl/α,β-unsaturated/α-hetero) is 2. The van der Waals surface area contributed by atoms with Crippen LogP contribution in [0.25, 0.3) is 0 Å². The lowest BCUT2D eigenvalue weighted by atomic mass is 9.69. The van der Waals surface area contributed by atoms with Gasteiger partial charge in [0.2, 0.25) is 5.78 Å². The molecule has 0 amide bonds. The Morgan fingerprint density at radius 1 is 1.19 bits per heavy atom. The molecule has 9 heteroatoms. The number of nitrogen functional groups attached to an aromatic ring is 1. The van der Waals surface area contributed by atoms with Crippen molar-refractivity contribution in [2.75, 3.05) is 25.5 Å². The number of ketones is 2. The van der Waals surface area contributed by atoms with E-state index in [1.165, 1.54) is 0 Å². The number of allylic oxidation sites excluding steroid dienone is 1. The number of carbonyl (C=O) groups excluding carboxylic acids is 3. The highest BCUT2D eigenvalue weighted by Crippen LogP contribution is 2.60. The number of anilines is 1. The Kier molecular flexibility index (Phi) is 10.7. The summed E-state index contributed by atoms with van der Waals surface area (Å²) in [5, 5.41) is 14.1. The number of pyridine rings is 1. The lowest BCUT2D eigenvalue weighted by molar-refractivity contribution is -0.150. The van der Waals surface area contributed by atoms with Gasteiger partial charge in [-0.25, -0.2) is 9.78 Å². The molecule has 254 valence electrons. The van der Waals surface area contributed by atoms with Gasteiger partial charge in [0, 0.05) is 35.7 Å². The maximum Gasteiger partial charge on any atom is 0.350 e. The van der Waals surface area contributed by atoms with Crippen LogP contribution in [0.4, 0.5) is 5.82 Å². The Balaban J connectivity index is 1.48. The van der Waals surface area contributed by atoms with Gasteiger partial charge in [-0.3, -0.25) is 9.59 Å². The summed E-state index contributed by atoms with van der Waals surface area (Å²) >= 11 is 0. The minimum absolute atomic E-state index is 0.0807. The first-order valence-electron chi connectivity index (χ1n) is 17.3. The predicted molar refractivity (Wildman–Crippen MR) is 181 cm³/mol. The molecule has 5 atom stereocenters. The zero-order valence-electron chi connectivity index (χ0n) is 28.6. The number of rotatable bonds is 14. The van der Waals surface area contributed by atoms with Crippen LogP contribution >= 0.6 is 0 Å². The van der Waals surface area contributed by atoms with E-state index in [1.807, 2.05) is 32.9 Å². The molecule has 9 nitrogen and oxygen atoms in total. The van der Waals surface area contributed by atoms with Crippen molar-refractivity contribution in [3.8, 4) is 0 Å². The molecule has 1 aromatic heterocycles. The third-order valence-corrected chi connectivity index (χ3v) is 10.5. The summed E-state index contributed by atoms with van der Waals surface area (Å²) in [5.41, 5.74) is 5.66. The number of ether oxygens (including phenoxy) is 2. The molecule has 5 rings (SSSR count). The van der Waals surface area contributed by atoms with Gasteiger partial charge in [-0.15, -0.1) is 0 Å². The first kappa shape index (κ1) is 34.9. The standard InChI is InChI=1S/C38H51N3O6/c1-6-25-13-14-31(40-7-2)28(18-25)22-46-36(45)38-35(44)33-27(17-23(3)4)9-8-10-30(33)34(43)37(38,47-38)20-29(21-42)24(5)11-12-26-15-16-41-32(39)19-26/h8-10,15-16,19,23,25,28,31,40,42H,6-7,11-14,17-18,20-22H2,1-5H3,(H2,39,41)/b29-24-/t25-,28+,31-,37+,38+/m1/s1. The van der Waals surface area contributed by atoms with Crippen molar-refractivity contribution in [2.24, 2.45) is 17.8 Å². The van der Waals surface area contributed by atoms with Crippen LogP contribution in [-0.2, 0) is 27.1 Å². The Morgan fingerprint density at radius 2 is 1.98 bits per heavy atom. The second-order valence-electron chi connectivity index (χ2n) is 14.1. The molecule has 1 aliphatic heterocycles. The van der Waals surface area contributed by atoms with E-state index < -0.39 is 28.7 Å². The smallest absolute Gasteiger partial charge is 0.350 e.